The number of nitrogens with two attached hydrogens (primary N) is 1. The van der Waals surface area contributed by atoms with E-state index in [1.54, 1.807) is 20.2 Å². The van der Waals surface area contributed by atoms with Crippen molar-refractivity contribution in [1.29, 1.82) is 0 Å². The maximum absolute atomic E-state index is 13.8. The van der Waals surface area contributed by atoms with Gasteiger partial charge in [0, 0.05) is 17.9 Å². The number of ketones is 4. The first kappa shape index (κ1) is 26.5. The Labute approximate surface area is 225 Å². The van der Waals surface area contributed by atoms with Crippen molar-refractivity contribution in [3.63, 3.8) is 0 Å². The lowest BCUT2D eigenvalue weighted by Gasteiger charge is -2.52. The first-order chi connectivity index (χ1) is 18.5. The van der Waals surface area contributed by atoms with Crippen molar-refractivity contribution in [1.82, 2.24) is 4.90 Å². The normalized spacial score (nSPS) is 29.7. The van der Waals surface area contributed by atoms with Crippen molar-refractivity contribution < 1.29 is 34.2 Å². The van der Waals surface area contributed by atoms with Crippen molar-refractivity contribution in [2.24, 2.45) is 29.4 Å². The molecule has 2 aromatic carbocycles. The fourth-order valence-corrected chi connectivity index (χ4v) is 6.56. The number of carbonyl (C=O) groups is 5. The van der Waals surface area contributed by atoms with E-state index in [1.807, 2.05) is 30.3 Å². The van der Waals surface area contributed by atoms with E-state index in [0.717, 1.165) is 5.56 Å². The summed E-state index contributed by atoms with van der Waals surface area (Å²) in [5.74, 6) is -4.47. The molecule has 0 spiro atoms. The van der Waals surface area contributed by atoms with Crippen LogP contribution in [0, 0.1) is 35.5 Å². The van der Waals surface area contributed by atoms with Gasteiger partial charge in [0.1, 0.15) is 5.75 Å². The Morgan fingerprint density at radius 3 is 2.41 bits per heavy atom. The van der Waals surface area contributed by atoms with Crippen molar-refractivity contribution in [2.45, 2.75) is 30.9 Å². The Bertz CT molecular complexity index is 1490. The number of carbonyl (C=O) groups excluding carboxylic acids is 5. The number of benzene rings is 2. The minimum Gasteiger partial charge on any atom is -0.507 e. The monoisotopic (exact) mass is 528 g/mol. The molecule has 3 aliphatic rings. The number of fused-ring (bicyclic) bond motifs is 3. The van der Waals surface area contributed by atoms with Crippen molar-refractivity contribution in [2.75, 3.05) is 14.1 Å². The number of nitrogens with zero attached hydrogens (tertiary/aromatic N) is 1. The van der Waals surface area contributed by atoms with Gasteiger partial charge in [-0.3, -0.25) is 28.9 Å². The first-order valence-corrected chi connectivity index (χ1v) is 12.7. The lowest BCUT2D eigenvalue weighted by molar-refractivity contribution is -0.181. The van der Waals surface area contributed by atoms with Gasteiger partial charge in [-0.1, -0.05) is 42.2 Å². The number of hydrogen-bond donors (Lipinski definition) is 3. The highest BCUT2D eigenvalue weighted by Crippen LogP contribution is 2.50. The average molecular weight is 529 g/mol. The van der Waals surface area contributed by atoms with Crippen LogP contribution in [0.2, 0.25) is 0 Å². The van der Waals surface area contributed by atoms with E-state index in [2.05, 4.69) is 11.8 Å². The molecule has 0 heterocycles. The molecular formula is C30H28N2O7. The highest BCUT2D eigenvalue weighted by Gasteiger charge is 2.69. The summed E-state index contributed by atoms with van der Waals surface area (Å²) in [5, 5.41) is 22.2. The second kappa shape index (κ2) is 9.56. The summed E-state index contributed by atoms with van der Waals surface area (Å²) in [6.45, 7) is 0. The highest BCUT2D eigenvalue weighted by molar-refractivity contribution is 6.32. The fraction of sp³-hybridized carbons (Fsp3) is 0.367. The maximum Gasteiger partial charge on any atom is 0.235 e. The largest absolute Gasteiger partial charge is 0.507 e. The van der Waals surface area contributed by atoms with Crippen LogP contribution in [0.5, 0.6) is 5.75 Å². The molecule has 0 bridgehead atoms. The zero-order valence-corrected chi connectivity index (χ0v) is 21.5. The lowest BCUT2D eigenvalue weighted by Crippen LogP contribution is -2.74. The molecule has 0 aromatic heterocycles. The number of aliphatic hydroxyl groups is 1. The molecule has 0 aliphatic heterocycles. The molecular weight excluding hydrogens is 500 g/mol. The molecule has 2 saturated carbocycles. The number of aromatic hydroxyl groups is 1. The topological polar surface area (TPSA) is 155 Å². The SMILES string of the molecule is CN(C)C1C(=O)C(C(N)=O)C(=O)C2(O)C(=O)C3C(=O)c4c(O)ccc(C#CCc5ccccc5)c4CC3CC12. The number of hydrogen-bond acceptors (Lipinski definition) is 8. The van der Waals surface area contributed by atoms with E-state index in [9.17, 15) is 34.2 Å². The van der Waals surface area contributed by atoms with E-state index in [0.29, 0.717) is 17.5 Å². The lowest BCUT2D eigenvalue weighted by atomic mass is 9.52. The third-order valence-corrected chi connectivity index (χ3v) is 8.30. The summed E-state index contributed by atoms with van der Waals surface area (Å²) in [6.07, 6.45) is 0.645. The average Bonchev–Trinajstić information content (AvgIpc) is 2.87. The summed E-state index contributed by atoms with van der Waals surface area (Å²) in [7, 11) is 3.10. The van der Waals surface area contributed by atoms with E-state index in [1.165, 1.54) is 11.0 Å². The Kier molecular flexibility index (Phi) is 6.49. The summed E-state index contributed by atoms with van der Waals surface area (Å²) < 4.78 is 0. The summed E-state index contributed by atoms with van der Waals surface area (Å²) >= 11 is 0. The van der Waals surface area contributed by atoms with Gasteiger partial charge in [0.25, 0.3) is 0 Å². The quantitative estimate of drug-likeness (QED) is 0.383. The van der Waals surface area contributed by atoms with Crippen LogP contribution < -0.4 is 5.73 Å². The Balaban J connectivity index is 1.57. The third-order valence-electron chi connectivity index (χ3n) is 8.30. The van der Waals surface area contributed by atoms with Crippen LogP contribution in [0.3, 0.4) is 0 Å². The van der Waals surface area contributed by atoms with Crippen molar-refractivity contribution in [3.8, 4) is 17.6 Å². The molecule has 9 heteroatoms. The van der Waals surface area contributed by atoms with Gasteiger partial charge in [0.15, 0.2) is 34.7 Å². The van der Waals surface area contributed by atoms with Crippen LogP contribution in [-0.4, -0.2) is 69.9 Å². The Morgan fingerprint density at radius 2 is 1.77 bits per heavy atom. The molecule has 1 amide bonds. The highest BCUT2D eigenvalue weighted by atomic mass is 16.3. The van der Waals surface area contributed by atoms with E-state index < -0.39 is 64.4 Å². The smallest absolute Gasteiger partial charge is 0.235 e. The third kappa shape index (κ3) is 3.99. The zero-order valence-electron chi connectivity index (χ0n) is 21.5. The number of amides is 1. The number of primary amides is 1. The minimum atomic E-state index is -2.74. The van der Waals surface area contributed by atoms with Crippen molar-refractivity contribution in [3.05, 3.63) is 64.7 Å². The van der Waals surface area contributed by atoms with Crippen LogP contribution in [0.25, 0.3) is 0 Å². The molecule has 6 unspecified atom stereocenters. The second-order valence-electron chi connectivity index (χ2n) is 10.7. The number of phenols is 1. The van der Waals surface area contributed by atoms with Gasteiger partial charge in [-0.25, -0.2) is 0 Å². The summed E-state index contributed by atoms with van der Waals surface area (Å²) in [6, 6.07) is 11.4. The van der Waals surface area contributed by atoms with Gasteiger partial charge in [-0.15, -0.1) is 0 Å². The van der Waals surface area contributed by atoms with Crippen LogP contribution in [0.15, 0.2) is 42.5 Å². The van der Waals surface area contributed by atoms with Crippen LogP contribution in [0.4, 0.5) is 0 Å². The minimum absolute atomic E-state index is 0.00354. The molecule has 2 aromatic rings. The van der Waals surface area contributed by atoms with Gasteiger partial charge in [-0.05, 0) is 56.1 Å². The van der Waals surface area contributed by atoms with Crippen LogP contribution >= 0.6 is 0 Å². The predicted octanol–water partition coefficient (Wildman–Crippen LogP) is 0.461. The predicted molar refractivity (Wildman–Crippen MR) is 138 cm³/mol. The van der Waals surface area contributed by atoms with E-state index in [4.69, 9.17) is 5.73 Å². The molecule has 39 heavy (non-hydrogen) atoms. The number of phenolic OH excluding ortho intramolecular Hbond substituents is 1. The van der Waals surface area contributed by atoms with Crippen LogP contribution in [0.1, 0.15) is 33.5 Å². The van der Waals surface area contributed by atoms with E-state index in [-0.39, 0.29) is 24.2 Å². The van der Waals surface area contributed by atoms with Gasteiger partial charge < -0.3 is 15.9 Å². The second-order valence-corrected chi connectivity index (χ2v) is 10.7. The molecule has 0 saturated heterocycles. The molecule has 0 radical (unpaired) electrons. The summed E-state index contributed by atoms with van der Waals surface area (Å²) in [5.41, 5.74) is 4.58. The number of likely N-dealkylation sites (N-methyl/N-ethyl adjacent to an activating group) is 1. The molecule has 6 atom stereocenters. The molecule has 9 nitrogen and oxygen atoms in total. The van der Waals surface area contributed by atoms with Crippen LogP contribution in [-0.2, 0) is 32.0 Å². The molecule has 200 valence electrons. The first-order valence-electron chi connectivity index (χ1n) is 12.7. The van der Waals surface area contributed by atoms with Gasteiger partial charge in [0.2, 0.25) is 5.91 Å². The van der Waals surface area contributed by atoms with Gasteiger partial charge in [-0.2, -0.15) is 0 Å². The maximum atomic E-state index is 13.8. The van der Waals surface area contributed by atoms with Gasteiger partial charge >= 0.3 is 0 Å². The van der Waals surface area contributed by atoms with E-state index >= 15 is 0 Å². The number of Topliss-reactive ketones (excluding diaryl/α,β-unsaturated/α-hetero) is 4. The Hall–Kier alpha value is -4.13. The molecule has 4 N–H and O–H groups in total. The number of rotatable bonds is 3. The molecule has 2 fully saturated rings. The summed E-state index contributed by atoms with van der Waals surface area (Å²) in [4.78, 5) is 67.6. The standard InChI is InChI=1S/C30H28N2O7/c1-32(2)24-19-14-17-13-18-16(10-6-9-15-7-4-3-5-8-15)11-12-20(33)22(18)25(34)21(17)27(36)30(19,39)28(37)23(26(24)35)29(31)38/h3-5,7-8,11-12,17,19,21,23-24,33,39H,9,13-14H2,1-2H3,(H2,31,38). The zero-order chi connectivity index (χ0) is 28.2. The van der Waals surface area contributed by atoms with Crippen molar-refractivity contribution >= 4 is 29.0 Å². The molecule has 3 aliphatic carbocycles. The fourth-order valence-electron chi connectivity index (χ4n) is 6.56. The Morgan fingerprint density at radius 1 is 1.08 bits per heavy atom. The van der Waals surface area contributed by atoms with Gasteiger partial charge in [0.05, 0.1) is 17.5 Å². The molecule has 5 rings (SSSR count).